The second-order valence-electron chi connectivity index (χ2n) is 5.07. The topological polar surface area (TPSA) is 42.2 Å². The van der Waals surface area contributed by atoms with Gasteiger partial charge in [-0.15, -0.1) is 0 Å². The highest BCUT2D eigenvalue weighted by Crippen LogP contribution is 2.34. The maximum Gasteiger partial charge on any atom is 0.196 e. The van der Waals surface area contributed by atoms with Gasteiger partial charge in [-0.2, -0.15) is 0 Å². The number of hydrogen-bond donors (Lipinski definition) is 0. The van der Waals surface area contributed by atoms with Gasteiger partial charge in [0.15, 0.2) is 17.2 Å². The van der Waals surface area contributed by atoms with Gasteiger partial charge in [-0.25, -0.2) is 14.4 Å². The van der Waals surface area contributed by atoms with E-state index in [2.05, 4.69) is 14.9 Å². The number of rotatable bonds is 2. The minimum atomic E-state index is -0.656. The Kier molecular flexibility index (Phi) is 2.58. The fourth-order valence-electron chi connectivity index (χ4n) is 2.82. The molecule has 0 atom stereocenters. The molecule has 4 nitrogen and oxygen atoms in total. The zero-order valence-electron chi connectivity index (χ0n) is 11.0. The van der Waals surface area contributed by atoms with E-state index in [-0.39, 0.29) is 5.82 Å². The molecule has 1 aromatic carbocycles. The minimum Gasteiger partial charge on any atom is -0.450 e. The number of halogens is 1. The van der Waals surface area contributed by atoms with Gasteiger partial charge in [0.2, 0.25) is 0 Å². The van der Waals surface area contributed by atoms with Gasteiger partial charge in [-0.3, -0.25) is 0 Å². The molecule has 0 unspecified atom stereocenters. The van der Waals surface area contributed by atoms with Crippen LogP contribution >= 0.6 is 0 Å². The fourth-order valence-corrected chi connectivity index (χ4v) is 2.82. The van der Waals surface area contributed by atoms with Crippen molar-refractivity contribution in [3.8, 4) is 0 Å². The number of benzene rings is 1. The first-order valence-corrected chi connectivity index (χ1v) is 6.86. The van der Waals surface area contributed by atoms with Crippen LogP contribution in [-0.4, -0.2) is 23.1 Å². The third-order valence-corrected chi connectivity index (χ3v) is 3.77. The van der Waals surface area contributed by atoms with E-state index in [1.54, 1.807) is 0 Å². The van der Waals surface area contributed by atoms with Crippen molar-refractivity contribution in [1.29, 1.82) is 0 Å². The van der Waals surface area contributed by atoms with Crippen LogP contribution in [0.3, 0.4) is 0 Å². The quantitative estimate of drug-likeness (QED) is 0.716. The Bertz CT molecular complexity index is 777. The Morgan fingerprint density at radius 1 is 1.15 bits per heavy atom. The summed E-state index contributed by atoms with van der Waals surface area (Å²) in [4.78, 5) is 10.8. The highest BCUT2D eigenvalue weighted by molar-refractivity contribution is 6.05. The average molecular weight is 271 g/mol. The number of anilines is 1. The molecule has 0 amide bonds. The Hall–Kier alpha value is -2.17. The number of fused-ring (bicyclic) bond motifs is 3. The van der Waals surface area contributed by atoms with Crippen LogP contribution in [0.5, 0.6) is 0 Å². The summed E-state index contributed by atoms with van der Waals surface area (Å²) in [6.45, 7) is 1.22. The summed E-state index contributed by atoms with van der Waals surface area (Å²) in [7, 11) is 0. The maximum absolute atomic E-state index is 13.1. The summed E-state index contributed by atoms with van der Waals surface area (Å²) in [5, 5.41) is 0.917. The Labute approximate surface area is 115 Å². The molecule has 1 saturated heterocycles. The number of hydrogen-bond acceptors (Lipinski definition) is 4. The van der Waals surface area contributed by atoms with Gasteiger partial charge >= 0.3 is 0 Å². The van der Waals surface area contributed by atoms with Gasteiger partial charge in [0, 0.05) is 18.5 Å². The van der Waals surface area contributed by atoms with Crippen LogP contribution < -0.4 is 4.90 Å². The first-order valence-electron chi connectivity index (χ1n) is 6.86. The normalized spacial score (nSPS) is 15.6. The maximum atomic E-state index is 13.1. The van der Waals surface area contributed by atoms with Crippen LogP contribution in [-0.2, 0) is 6.67 Å². The molecule has 102 valence electrons. The Morgan fingerprint density at radius 2 is 1.95 bits per heavy atom. The van der Waals surface area contributed by atoms with Gasteiger partial charge in [-0.05, 0) is 25.0 Å². The molecule has 0 saturated carbocycles. The number of aromatic nitrogens is 2. The molecule has 5 heteroatoms. The number of para-hydroxylation sites is 1. The van der Waals surface area contributed by atoms with Crippen molar-refractivity contribution < 1.29 is 8.81 Å². The lowest BCUT2D eigenvalue weighted by atomic mass is 10.2. The average Bonchev–Trinajstić information content (AvgIpc) is 3.13. The molecule has 3 heterocycles. The minimum absolute atomic E-state index is 0.228. The van der Waals surface area contributed by atoms with E-state index in [1.165, 1.54) is 0 Å². The highest BCUT2D eigenvalue weighted by atomic mass is 19.1. The SMILES string of the molecule is FCc1nc(N2CCCC2)c2oc3ccccc3c2n1. The molecule has 0 spiro atoms. The molecule has 0 aliphatic carbocycles. The Balaban J connectivity index is 2.05. The molecule has 0 N–H and O–H groups in total. The van der Waals surface area contributed by atoms with Gasteiger partial charge < -0.3 is 9.32 Å². The summed E-state index contributed by atoms with van der Waals surface area (Å²) in [5.41, 5.74) is 2.16. The van der Waals surface area contributed by atoms with Crippen molar-refractivity contribution in [1.82, 2.24) is 9.97 Å². The molecule has 1 aliphatic heterocycles. The van der Waals surface area contributed by atoms with E-state index in [0.717, 1.165) is 42.7 Å². The van der Waals surface area contributed by atoms with E-state index in [4.69, 9.17) is 4.42 Å². The van der Waals surface area contributed by atoms with E-state index >= 15 is 0 Å². The molecule has 4 rings (SSSR count). The summed E-state index contributed by atoms with van der Waals surface area (Å²) < 4.78 is 19.0. The second-order valence-corrected chi connectivity index (χ2v) is 5.07. The highest BCUT2D eigenvalue weighted by Gasteiger charge is 2.22. The molecule has 2 aromatic heterocycles. The smallest absolute Gasteiger partial charge is 0.196 e. The van der Waals surface area contributed by atoms with Crippen LogP contribution in [0.25, 0.3) is 22.1 Å². The van der Waals surface area contributed by atoms with Crippen molar-refractivity contribution in [2.24, 2.45) is 0 Å². The van der Waals surface area contributed by atoms with Crippen molar-refractivity contribution in [3.05, 3.63) is 30.1 Å². The van der Waals surface area contributed by atoms with Crippen LogP contribution in [0.4, 0.5) is 10.2 Å². The molecular weight excluding hydrogens is 257 g/mol. The summed E-state index contributed by atoms with van der Waals surface area (Å²) in [6.07, 6.45) is 2.27. The lowest BCUT2D eigenvalue weighted by Crippen LogP contribution is -2.20. The van der Waals surface area contributed by atoms with Gasteiger partial charge in [0.05, 0.1) is 0 Å². The monoisotopic (exact) mass is 271 g/mol. The number of alkyl halides is 1. The lowest BCUT2D eigenvalue weighted by molar-refractivity contribution is 0.466. The van der Waals surface area contributed by atoms with Crippen molar-refractivity contribution in [2.45, 2.75) is 19.5 Å². The van der Waals surface area contributed by atoms with Crippen molar-refractivity contribution in [3.63, 3.8) is 0 Å². The molecule has 0 bridgehead atoms. The third kappa shape index (κ3) is 1.66. The molecule has 0 radical (unpaired) electrons. The van der Waals surface area contributed by atoms with Crippen molar-refractivity contribution >= 4 is 27.9 Å². The zero-order valence-corrected chi connectivity index (χ0v) is 11.0. The third-order valence-electron chi connectivity index (χ3n) is 3.77. The predicted octanol–water partition coefficient (Wildman–Crippen LogP) is 3.45. The number of nitrogens with zero attached hydrogens (tertiary/aromatic N) is 3. The fraction of sp³-hybridized carbons (Fsp3) is 0.333. The van der Waals surface area contributed by atoms with Crippen molar-refractivity contribution in [2.75, 3.05) is 18.0 Å². The van der Waals surface area contributed by atoms with E-state index < -0.39 is 6.67 Å². The van der Waals surface area contributed by atoms with Crippen LogP contribution in [0, 0.1) is 0 Å². The molecule has 20 heavy (non-hydrogen) atoms. The molecule has 3 aromatic rings. The van der Waals surface area contributed by atoms with Gasteiger partial charge in [-0.1, -0.05) is 12.1 Å². The lowest BCUT2D eigenvalue weighted by Gasteiger charge is -2.16. The summed E-state index contributed by atoms with van der Waals surface area (Å²) >= 11 is 0. The predicted molar refractivity (Wildman–Crippen MR) is 75.6 cm³/mol. The summed E-state index contributed by atoms with van der Waals surface area (Å²) in [5.74, 6) is 0.960. The van der Waals surface area contributed by atoms with Gasteiger partial charge in [0.1, 0.15) is 17.8 Å². The van der Waals surface area contributed by atoms with E-state index in [1.807, 2.05) is 24.3 Å². The molecular formula is C15H14FN3O. The van der Waals surface area contributed by atoms with Crippen LogP contribution in [0.1, 0.15) is 18.7 Å². The first-order chi connectivity index (χ1) is 9.86. The van der Waals surface area contributed by atoms with E-state index in [9.17, 15) is 4.39 Å². The Morgan fingerprint density at radius 3 is 2.75 bits per heavy atom. The van der Waals surface area contributed by atoms with Crippen LogP contribution in [0.2, 0.25) is 0 Å². The van der Waals surface area contributed by atoms with Crippen LogP contribution in [0.15, 0.2) is 28.7 Å². The van der Waals surface area contributed by atoms with E-state index in [0.29, 0.717) is 11.1 Å². The molecule has 1 aliphatic rings. The number of furan rings is 1. The first kappa shape index (κ1) is 11.6. The molecule has 1 fully saturated rings. The largest absolute Gasteiger partial charge is 0.450 e. The van der Waals surface area contributed by atoms with Gasteiger partial charge in [0.25, 0.3) is 0 Å². The standard InChI is InChI=1S/C15H14FN3O/c16-9-12-17-13-10-5-1-2-6-11(10)20-14(13)15(18-12)19-7-3-4-8-19/h1-2,5-6H,3-4,7-9H2. The summed E-state index contributed by atoms with van der Waals surface area (Å²) in [6, 6.07) is 7.71. The second kappa shape index (κ2) is 4.44. The zero-order chi connectivity index (χ0) is 13.5.